The van der Waals surface area contributed by atoms with Gasteiger partial charge in [0.25, 0.3) is 0 Å². The lowest BCUT2D eigenvalue weighted by Crippen LogP contribution is -2.68. The van der Waals surface area contributed by atoms with Gasteiger partial charge in [0.05, 0.1) is 30.2 Å². The van der Waals surface area contributed by atoms with Crippen LogP contribution in [0.25, 0.3) is 0 Å². The van der Waals surface area contributed by atoms with Crippen molar-refractivity contribution >= 4 is 5.78 Å². The number of aryl methyl sites for hydroxylation is 1. The van der Waals surface area contributed by atoms with Crippen molar-refractivity contribution in [2.24, 2.45) is 51.8 Å². The molecule has 5 aliphatic carbocycles. The molecule has 1 aromatic rings. The number of aliphatic hydroxyl groups excluding tert-OH is 3. The first kappa shape index (κ1) is 30.2. The molecule has 1 aromatic heterocycles. The minimum atomic E-state index is -1.11. The minimum Gasteiger partial charge on any atom is -0.393 e. The number of aromatic nitrogens is 2. The third-order valence-corrected chi connectivity index (χ3v) is 13.8. The zero-order valence-corrected chi connectivity index (χ0v) is 26.2. The zero-order valence-electron chi connectivity index (χ0n) is 26.2. The largest absolute Gasteiger partial charge is 0.393 e. The standard InChI is InChI=1S/C35H52N2O5/c1-20(32(3,4)11-13-37-14-12-36-19-37)15-27(38)21(2)23-9-10-35(42)26-17-28(39)25-16-29(40)31(41)24-8-7-22(18-33(23,35)5)30(26)34(24,25)6/h12,14,17,19,21-25,27,29-31,38,40-42H,1,7-11,13,15-16,18H2,2-6H3. The average molecular weight is 581 g/mol. The molecular formula is C35H52N2O5. The Morgan fingerprint density at radius 1 is 1.24 bits per heavy atom. The van der Waals surface area contributed by atoms with Crippen molar-refractivity contribution in [2.45, 2.75) is 116 Å². The summed E-state index contributed by atoms with van der Waals surface area (Å²) < 4.78 is 2.07. The quantitative estimate of drug-likeness (QED) is 0.332. The second-order valence-electron chi connectivity index (χ2n) is 15.9. The molecule has 7 heteroatoms. The minimum absolute atomic E-state index is 0.00350. The number of hydrogen-bond acceptors (Lipinski definition) is 6. The molecule has 4 saturated carbocycles. The fourth-order valence-corrected chi connectivity index (χ4v) is 10.9. The maximum absolute atomic E-state index is 13.7. The van der Waals surface area contributed by atoms with Crippen LogP contribution in [0.15, 0.2) is 42.5 Å². The summed E-state index contributed by atoms with van der Waals surface area (Å²) >= 11 is 0. The Kier molecular flexibility index (Phi) is 7.28. The molecule has 6 rings (SSSR count). The van der Waals surface area contributed by atoms with Gasteiger partial charge in [0, 0.05) is 30.3 Å². The number of ketones is 1. The SMILES string of the molecule is C=C(CC(O)C(C)C1CCC2(O)C3=CC(=O)C4CC(O)C(O)C5CCC(CC12C)C3C45C)C(C)(C)CCn1ccnc1. The first-order valence-electron chi connectivity index (χ1n) is 16.3. The number of fused-ring (bicyclic) bond motifs is 2. The van der Waals surface area contributed by atoms with Crippen LogP contribution in [-0.4, -0.2) is 59.7 Å². The lowest BCUT2D eigenvalue weighted by atomic mass is 9.38. The second-order valence-corrected chi connectivity index (χ2v) is 15.9. The van der Waals surface area contributed by atoms with Crippen molar-refractivity contribution in [1.82, 2.24) is 9.55 Å². The Labute approximate surface area is 251 Å². The van der Waals surface area contributed by atoms with E-state index < -0.39 is 34.7 Å². The van der Waals surface area contributed by atoms with Crippen molar-refractivity contribution in [3.63, 3.8) is 0 Å². The summed E-state index contributed by atoms with van der Waals surface area (Å²) in [6.45, 7) is 16.2. The lowest BCUT2D eigenvalue weighted by Gasteiger charge is -2.67. The van der Waals surface area contributed by atoms with Gasteiger partial charge in [-0.2, -0.15) is 0 Å². The Hall–Kier alpha value is -1.80. The van der Waals surface area contributed by atoms with Gasteiger partial charge in [0.1, 0.15) is 0 Å². The highest BCUT2D eigenvalue weighted by molar-refractivity contribution is 5.95. The Balaban J connectivity index is 1.24. The fraction of sp³-hybridized carbons (Fsp3) is 0.771. The van der Waals surface area contributed by atoms with Crippen molar-refractivity contribution in [2.75, 3.05) is 0 Å². The summed E-state index contributed by atoms with van der Waals surface area (Å²) in [5.74, 6) is -0.0344. The van der Waals surface area contributed by atoms with E-state index in [4.69, 9.17) is 0 Å². The molecule has 5 aliphatic rings. The molecule has 12 unspecified atom stereocenters. The fourth-order valence-electron chi connectivity index (χ4n) is 10.9. The smallest absolute Gasteiger partial charge is 0.159 e. The molecule has 1 heterocycles. The van der Waals surface area contributed by atoms with E-state index in [-0.39, 0.29) is 40.8 Å². The third-order valence-electron chi connectivity index (χ3n) is 13.8. The topological polar surface area (TPSA) is 116 Å². The number of nitrogens with zero attached hydrogens (tertiary/aromatic N) is 2. The number of imidazole rings is 1. The van der Waals surface area contributed by atoms with Gasteiger partial charge in [-0.05, 0) is 103 Å². The van der Waals surface area contributed by atoms with Crippen LogP contribution >= 0.6 is 0 Å². The van der Waals surface area contributed by atoms with Crippen molar-refractivity contribution < 1.29 is 25.2 Å². The predicted molar refractivity (Wildman–Crippen MR) is 161 cm³/mol. The average Bonchev–Trinajstić information content (AvgIpc) is 3.54. The van der Waals surface area contributed by atoms with Gasteiger partial charge in [-0.25, -0.2) is 4.98 Å². The number of aliphatic hydroxyl groups is 4. The molecule has 0 bridgehead atoms. The van der Waals surface area contributed by atoms with E-state index in [1.165, 1.54) is 0 Å². The van der Waals surface area contributed by atoms with Crippen LogP contribution in [0, 0.1) is 51.8 Å². The van der Waals surface area contributed by atoms with Crippen LogP contribution in [0.3, 0.4) is 0 Å². The zero-order chi connectivity index (χ0) is 30.4. The van der Waals surface area contributed by atoms with Gasteiger partial charge in [-0.3, -0.25) is 4.79 Å². The van der Waals surface area contributed by atoms with Crippen molar-refractivity contribution in [3.8, 4) is 0 Å². The third kappa shape index (κ3) is 4.20. The maximum atomic E-state index is 13.7. The molecular weight excluding hydrogens is 528 g/mol. The van der Waals surface area contributed by atoms with Crippen molar-refractivity contribution in [3.05, 3.63) is 42.5 Å². The summed E-state index contributed by atoms with van der Waals surface area (Å²) in [6.07, 6.45) is 10.7. The van der Waals surface area contributed by atoms with Crippen LogP contribution in [0.2, 0.25) is 0 Å². The molecule has 0 radical (unpaired) electrons. The Morgan fingerprint density at radius 2 is 1.98 bits per heavy atom. The van der Waals surface area contributed by atoms with E-state index in [0.29, 0.717) is 25.2 Å². The van der Waals surface area contributed by atoms with Crippen molar-refractivity contribution in [1.29, 1.82) is 0 Å². The van der Waals surface area contributed by atoms with E-state index >= 15 is 0 Å². The Morgan fingerprint density at radius 3 is 2.67 bits per heavy atom. The molecule has 42 heavy (non-hydrogen) atoms. The summed E-state index contributed by atoms with van der Waals surface area (Å²) in [5, 5.41) is 46.0. The highest BCUT2D eigenvalue weighted by Crippen LogP contribution is 2.72. The summed E-state index contributed by atoms with van der Waals surface area (Å²) in [7, 11) is 0. The summed E-state index contributed by atoms with van der Waals surface area (Å²) in [6, 6.07) is 0. The molecule has 232 valence electrons. The first-order chi connectivity index (χ1) is 19.6. The monoisotopic (exact) mass is 580 g/mol. The van der Waals surface area contributed by atoms with Crippen LogP contribution < -0.4 is 0 Å². The van der Waals surface area contributed by atoms with E-state index in [9.17, 15) is 25.2 Å². The summed E-state index contributed by atoms with van der Waals surface area (Å²) in [5.41, 5.74) is -0.238. The molecule has 4 N–H and O–H groups in total. The molecule has 0 saturated heterocycles. The van der Waals surface area contributed by atoms with Crippen LogP contribution in [0.4, 0.5) is 0 Å². The number of carbonyl (C=O) groups excluding carboxylic acids is 1. The predicted octanol–water partition coefficient (Wildman–Crippen LogP) is 4.69. The van der Waals surface area contributed by atoms with Crippen LogP contribution in [0.1, 0.15) is 86.0 Å². The van der Waals surface area contributed by atoms with E-state index in [1.54, 1.807) is 12.3 Å². The molecule has 4 fully saturated rings. The highest BCUT2D eigenvalue weighted by Gasteiger charge is 2.72. The van der Waals surface area contributed by atoms with Gasteiger partial charge in [0.2, 0.25) is 0 Å². The maximum Gasteiger partial charge on any atom is 0.159 e. The van der Waals surface area contributed by atoms with Gasteiger partial charge in [0.15, 0.2) is 5.78 Å². The lowest BCUT2D eigenvalue weighted by molar-refractivity contribution is -0.204. The van der Waals surface area contributed by atoms with Crippen LogP contribution in [-0.2, 0) is 11.3 Å². The Bertz CT molecular complexity index is 1260. The van der Waals surface area contributed by atoms with Gasteiger partial charge >= 0.3 is 0 Å². The molecule has 0 aliphatic heterocycles. The molecule has 12 atom stereocenters. The van der Waals surface area contributed by atoms with Gasteiger partial charge in [-0.1, -0.05) is 46.8 Å². The normalized spacial score (nSPS) is 44.2. The second kappa shape index (κ2) is 10.1. The van der Waals surface area contributed by atoms with Gasteiger partial charge < -0.3 is 25.0 Å². The first-order valence-corrected chi connectivity index (χ1v) is 16.3. The van der Waals surface area contributed by atoms with Crippen LogP contribution in [0.5, 0.6) is 0 Å². The number of carbonyl (C=O) groups is 1. The highest BCUT2D eigenvalue weighted by atomic mass is 16.3. The molecule has 0 amide bonds. The number of hydrogen-bond donors (Lipinski definition) is 4. The molecule has 0 aromatic carbocycles. The van der Waals surface area contributed by atoms with E-state index in [0.717, 1.165) is 49.8 Å². The number of rotatable bonds is 8. The van der Waals surface area contributed by atoms with E-state index in [2.05, 4.69) is 50.7 Å². The number of allylic oxidation sites excluding steroid dienone is 1. The molecule has 7 nitrogen and oxygen atoms in total. The van der Waals surface area contributed by atoms with Gasteiger partial charge in [-0.15, -0.1) is 0 Å². The van der Waals surface area contributed by atoms with E-state index in [1.807, 2.05) is 12.5 Å². The summed E-state index contributed by atoms with van der Waals surface area (Å²) in [4.78, 5) is 17.8. The molecule has 0 spiro atoms.